The summed E-state index contributed by atoms with van der Waals surface area (Å²) in [5.41, 5.74) is 8.10. The molecule has 138 valence electrons. The Bertz CT molecular complexity index is 944. The Labute approximate surface area is 162 Å². The Kier molecular flexibility index (Phi) is 5.75. The van der Waals surface area contributed by atoms with Crippen molar-refractivity contribution in [3.63, 3.8) is 0 Å². The highest BCUT2D eigenvalue weighted by molar-refractivity contribution is 5.80. The molecule has 0 heterocycles. The molecule has 3 aromatic carbocycles. The average Bonchev–Trinajstić information content (AvgIpc) is 2.63. The van der Waals surface area contributed by atoms with Gasteiger partial charge in [0, 0.05) is 0 Å². The summed E-state index contributed by atoms with van der Waals surface area (Å²) in [6, 6.07) is 22.7. The number of amides is 1. The van der Waals surface area contributed by atoms with Crippen LogP contribution < -0.4 is 5.32 Å². The minimum absolute atomic E-state index is 0.0378. The summed E-state index contributed by atoms with van der Waals surface area (Å²) in [6.45, 7) is 8.33. The molecule has 2 nitrogen and oxygen atoms in total. The molecule has 0 saturated carbocycles. The number of carbonyl (C=O) groups is 1. The molecule has 0 aliphatic heterocycles. The van der Waals surface area contributed by atoms with Gasteiger partial charge in [0.2, 0.25) is 5.91 Å². The molecular weight excluding hydrogens is 330 g/mol. The lowest BCUT2D eigenvalue weighted by Gasteiger charge is -2.22. The number of hydrogen-bond acceptors (Lipinski definition) is 1. The largest absolute Gasteiger partial charge is 0.345 e. The van der Waals surface area contributed by atoms with Gasteiger partial charge in [-0.2, -0.15) is 0 Å². The highest BCUT2D eigenvalue weighted by Crippen LogP contribution is 2.26. The second kappa shape index (κ2) is 8.22. The zero-order valence-corrected chi connectivity index (χ0v) is 16.5. The van der Waals surface area contributed by atoms with E-state index in [4.69, 9.17) is 0 Å². The van der Waals surface area contributed by atoms with Gasteiger partial charge in [-0.15, -0.1) is 0 Å². The highest BCUT2D eigenvalue weighted by Gasteiger charge is 2.19. The van der Waals surface area contributed by atoms with Crippen LogP contribution in [0.25, 0.3) is 0 Å². The van der Waals surface area contributed by atoms with Crippen LogP contribution in [-0.4, -0.2) is 5.91 Å². The van der Waals surface area contributed by atoms with Crippen LogP contribution in [-0.2, 0) is 11.2 Å². The molecule has 2 heteroatoms. The Balaban J connectivity index is 1.88. The number of aryl methyl sites for hydroxylation is 4. The van der Waals surface area contributed by atoms with Gasteiger partial charge in [-0.05, 0) is 55.5 Å². The van der Waals surface area contributed by atoms with E-state index in [9.17, 15) is 4.79 Å². The molecule has 3 rings (SSSR count). The molecular formula is C25H27NO. The summed E-state index contributed by atoms with van der Waals surface area (Å²) in [5.74, 6) is 0.0378. The molecule has 0 radical (unpaired) electrons. The summed E-state index contributed by atoms with van der Waals surface area (Å²) in [5, 5.41) is 3.26. The maximum absolute atomic E-state index is 12.9. The highest BCUT2D eigenvalue weighted by atomic mass is 16.1. The lowest BCUT2D eigenvalue weighted by molar-refractivity contribution is -0.120. The number of carbonyl (C=O) groups excluding carboxylic acids is 1. The van der Waals surface area contributed by atoms with Gasteiger partial charge in [0.05, 0.1) is 12.5 Å². The topological polar surface area (TPSA) is 29.1 Å². The molecule has 0 aromatic heterocycles. The SMILES string of the molecule is Cc1ccc(CC(=O)N[C@H](c2ccccc2)c2ccc(C)cc2C)c(C)c1. The van der Waals surface area contributed by atoms with Crippen LogP contribution in [0.5, 0.6) is 0 Å². The standard InChI is InChI=1S/C25H27NO/c1-17-10-12-22(19(3)14-17)16-24(27)26-25(21-8-6-5-7-9-21)23-13-11-18(2)15-20(23)4/h5-15,25H,16H2,1-4H3,(H,26,27)/t25-/m1/s1. The van der Waals surface area contributed by atoms with Crippen molar-refractivity contribution in [3.05, 3.63) is 106 Å². The molecule has 3 aromatic rings. The minimum atomic E-state index is -0.148. The fourth-order valence-electron chi connectivity index (χ4n) is 3.56. The van der Waals surface area contributed by atoms with Crippen molar-refractivity contribution in [2.45, 2.75) is 40.2 Å². The van der Waals surface area contributed by atoms with Gasteiger partial charge in [0.15, 0.2) is 0 Å². The number of hydrogen-bond donors (Lipinski definition) is 1. The maximum atomic E-state index is 12.9. The third kappa shape index (κ3) is 4.65. The van der Waals surface area contributed by atoms with Crippen molar-refractivity contribution in [2.24, 2.45) is 0 Å². The van der Waals surface area contributed by atoms with Gasteiger partial charge in [-0.1, -0.05) is 77.9 Å². The van der Waals surface area contributed by atoms with E-state index in [1.54, 1.807) is 0 Å². The summed E-state index contributed by atoms with van der Waals surface area (Å²) in [6.07, 6.45) is 0.389. The summed E-state index contributed by atoms with van der Waals surface area (Å²) < 4.78 is 0. The zero-order valence-electron chi connectivity index (χ0n) is 16.5. The molecule has 0 bridgehead atoms. The van der Waals surface area contributed by atoms with Gasteiger partial charge >= 0.3 is 0 Å². The van der Waals surface area contributed by atoms with Crippen molar-refractivity contribution in [1.82, 2.24) is 5.32 Å². The summed E-state index contributed by atoms with van der Waals surface area (Å²) in [7, 11) is 0. The van der Waals surface area contributed by atoms with Gasteiger partial charge in [0.1, 0.15) is 0 Å². The van der Waals surface area contributed by atoms with Crippen molar-refractivity contribution in [1.29, 1.82) is 0 Å². The molecule has 0 unspecified atom stereocenters. The van der Waals surface area contributed by atoms with E-state index in [1.807, 2.05) is 18.2 Å². The lowest BCUT2D eigenvalue weighted by atomic mass is 9.93. The molecule has 1 atom stereocenters. The van der Waals surface area contributed by atoms with Gasteiger partial charge in [-0.3, -0.25) is 4.79 Å². The Morgan fingerprint density at radius 2 is 1.44 bits per heavy atom. The van der Waals surface area contributed by atoms with E-state index in [2.05, 4.69) is 81.5 Å². The second-order valence-corrected chi connectivity index (χ2v) is 7.38. The van der Waals surface area contributed by atoms with Crippen molar-refractivity contribution >= 4 is 5.91 Å². The molecule has 0 spiro atoms. The van der Waals surface area contributed by atoms with Crippen molar-refractivity contribution < 1.29 is 4.79 Å². The first-order valence-corrected chi connectivity index (χ1v) is 9.41. The number of rotatable bonds is 5. The van der Waals surface area contributed by atoms with Crippen LogP contribution in [0, 0.1) is 27.7 Å². The van der Waals surface area contributed by atoms with Crippen molar-refractivity contribution in [2.75, 3.05) is 0 Å². The van der Waals surface area contributed by atoms with Gasteiger partial charge in [-0.25, -0.2) is 0 Å². The molecule has 0 saturated heterocycles. The Morgan fingerprint density at radius 3 is 2.07 bits per heavy atom. The zero-order chi connectivity index (χ0) is 19.4. The minimum Gasteiger partial charge on any atom is -0.345 e. The van der Waals surface area contributed by atoms with Crippen LogP contribution in [0.2, 0.25) is 0 Å². The first-order chi connectivity index (χ1) is 12.9. The van der Waals surface area contributed by atoms with Gasteiger partial charge < -0.3 is 5.32 Å². The number of benzene rings is 3. The van der Waals surface area contributed by atoms with E-state index < -0.39 is 0 Å². The fourth-order valence-corrected chi connectivity index (χ4v) is 3.56. The Morgan fingerprint density at radius 1 is 0.815 bits per heavy atom. The van der Waals surface area contributed by atoms with Crippen LogP contribution in [0.3, 0.4) is 0 Å². The van der Waals surface area contributed by atoms with E-state index in [-0.39, 0.29) is 11.9 Å². The van der Waals surface area contributed by atoms with E-state index in [0.717, 1.165) is 22.3 Å². The molecule has 0 aliphatic carbocycles. The van der Waals surface area contributed by atoms with Crippen LogP contribution in [0.15, 0.2) is 66.7 Å². The first-order valence-electron chi connectivity index (χ1n) is 9.41. The fraction of sp³-hybridized carbons (Fsp3) is 0.240. The van der Waals surface area contributed by atoms with Crippen LogP contribution in [0.4, 0.5) is 0 Å². The second-order valence-electron chi connectivity index (χ2n) is 7.38. The summed E-state index contributed by atoms with van der Waals surface area (Å²) >= 11 is 0. The summed E-state index contributed by atoms with van der Waals surface area (Å²) in [4.78, 5) is 12.9. The predicted octanol–water partition coefficient (Wildman–Crippen LogP) is 5.37. The molecule has 27 heavy (non-hydrogen) atoms. The monoisotopic (exact) mass is 357 g/mol. The third-order valence-electron chi connectivity index (χ3n) is 5.02. The third-order valence-corrected chi connectivity index (χ3v) is 5.02. The Hall–Kier alpha value is -2.87. The predicted molar refractivity (Wildman–Crippen MR) is 112 cm³/mol. The van der Waals surface area contributed by atoms with Crippen LogP contribution >= 0.6 is 0 Å². The molecule has 0 aliphatic rings. The van der Waals surface area contributed by atoms with Gasteiger partial charge in [0.25, 0.3) is 0 Å². The quantitative estimate of drug-likeness (QED) is 0.653. The first kappa shape index (κ1) is 18.9. The molecule has 1 N–H and O–H groups in total. The molecule has 0 fully saturated rings. The molecule has 1 amide bonds. The van der Waals surface area contributed by atoms with Crippen molar-refractivity contribution in [3.8, 4) is 0 Å². The van der Waals surface area contributed by atoms with E-state index in [1.165, 1.54) is 16.7 Å². The van der Waals surface area contributed by atoms with E-state index in [0.29, 0.717) is 6.42 Å². The maximum Gasteiger partial charge on any atom is 0.225 e. The number of nitrogens with one attached hydrogen (secondary N) is 1. The average molecular weight is 357 g/mol. The van der Waals surface area contributed by atoms with Crippen LogP contribution in [0.1, 0.15) is 45.0 Å². The lowest BCUT2D eigenvalue weighted by Crippen LogP contribution is -2.31. The smallest absolute Gasteiger partial charge is 0.225 e. The normalized spacial score (nSPS) is 11.9. The van der Waals surface area contributed by atoms with E-state index >= 15 is 0 Å².